The Morgan fingerprint density at radius 3 is 2.88 bits per heavy atom. The topological polar surface area (TPSA) is 61.9 Å². The molecular weight excluding hydrogens is 344 g/mol. The predicted octanol–water partition coefficient (Wildman–Crippen LogP) is 3.91. The molecule has 2 bridgehead atoms. The number of nitrogens with zero attached hydrogens (tertiary/aromatic N) is 3. The van der Waals surface area contributed by atoms with Crippen molar-refractivity contribution in [2.45, 2.75) is 26.2 Å². The molecule has 134 valence electrons. The molecule has 0 aliphatic carbocycles. The lowest BCUT2D eigenvalue weighted by molar-refractivity contribution is 0.0440. The number of nitrogens with one attached hydrogen (secondary N) is 1. The number of piperidine rings is 3. The van der Waals surface area contributed by atoms with E-state index in [9.17, 15) is 4.79 Å². The van der Waals surface area contributed by atoms with Crippen molar-refractivity contribution in [3.05, 3.63) is 35.0 Å². The van der Waals surface area contributed by atoms with E-state index < -0.39 is 0 Å². The highest BCUT2D eigenvalue weighted by Crippen LogP contribution is 2.35. The molecule has 0 saturated carbocycles. The number of hydrogen-bond donors (Lipinski definition) is 1. The van der Waals surface area contributed by atoms with Crippen LogP contribution in [0.15, 0.2) is 23.6 Å². The number of aromatic nitrogens is 3. The van der Waals surface area contributed by atoms with Crippen molar-refractivity contribution in [2.75, 3.05) is 19.6 Å². The van der Waals surface area contributed by atoms with Crippen LogP contribution < -0.4 is 0 Å². The number of thiazole rings is 1. The van der Waals surface area contributed by atoms with E-state index in [0.29, 0.717) is 24.0 Å². The molecule has 6 rings (SSSR count). The molecule has 0 spiro atoms. The van der Waals surface area contributed by atoms with Crippen LogP contribution in [0.1, 0.15) is 35.4 Å². The Bertz CT molecular complexity index is 967. The van der Waals surface area contributed by atoms with Gasteiger partial charge in [-0.05, 0) is 62.9 Å². The zero-order valence-electron chi connectivity index (χ0n) is 14.9. The zero-order chi connectivity index (χ0) is 17.7. The second kappa shape index (κ2) is 6.28. The number of aromatic amines is 1. The molecule has 0 amide bonds. The lowest BCUT2D eigenvalue weighted by Gasteiger charge is -2.44. The maximum Gasteiger partial charge on any atom is 0.184 e. The molecule has 1 atom stereocenters. The van der Waals surface area contributed by atoms with E-state index in [-0.39, 0.29) is 5.78 Å². The van der Waals surface area contributed by atoms with Crippen molar-refractivity contribution in [3.63, 3.8) is 0 Å². The highest BCUT2D eigenvalue weighted by molar-refractivity contribution is 7.13. The van der Waals surface area contributed by atoms with Gasteiger partial charge in [-0.2, -0.15) is 5.10 Å². The first-order chi connectivity index (χ1) is 12.7. The number of fused-ring (bicyclic) bond motifs is 4. The van der Waals surface area contributed by atoms with Crippen LogP contribution in [0.3, 0.4) is 0 Å². The quantitative estimate of drug-likeness (QED) is 0.711. The van der Waals surface area contributed by atoms with Crippen LogP contribution >= 0.6 is 11.3 Å². The Hall–Kier alpha value is -2.05. The molecule has 3 aliphatic rings. The van der Waals surface area contributed by atoms with Crippen LogP contribution in [0, 0.1) is 18.8 Å². The van der Waals surface area contributed by atoms with Gasteiger partial charge in [-0.1, -0.05) is 0 Å². The minimum absolute atomic E-state index is 0.169. The standard InChI is InChI=1S/C20H22N4OS/c1-12-11-26-20(21-12)14-2-3-17-16(8-14)19(23-22-17)18(25)9-15-10-24-6-4-13(15)5-7-24/h2-3,8,11,13,15H,4-7,9-10H2,1H3,(H,22,23)/t15-/m0/s1. The van der Waals surface area contributed by atoms with Crippen LogP contribution in [0.4, 0.5) is 0 Å². The fourth-order valence-corrected chi connectivity index (χ4v) is 5.29. The summed E-state index contributed by atoms with van der Waals surface area (Å²) in [6.45, 7) is 5.48. The lowest BCUT2D eigenvalue weighted by atomic mass is 9.76. The summed E-state index contributed by atoms with van der Waals surface area (Å²) in [4.78, 5) is 20.1. The van der Waals surface area contributed by atoms with E-state index in [0.717, 1.165) is 33.7 Å². The van der Waals surface area contributed by atoms with Gasteiger partial charge < -0.3 is 4.90 Å². The van der Waals surface area contributed by atoms with Crippen LogP contribution in [0.5, 0.6) is 0 Å². The Morgan fingerprint density at radius 2 is 2.19 bits per heavy atom. The zero-order valence-corrected chi connectivity index (χ0v) is 15.7. The number of aryl methyl sites for hydroxylation is 1. The van der Waals surface area contributed by atoms with Crippen LogP contribution in [0.2, 0.25) is 0 Å². The number of rotatable bonds is 4. The first-order valence-corrected chi connectivity index (χ1v) is 10.2. The summed E-state index contributed by atoms with van der Waals surface area (Å²) < 4.78 is 0. The largest absolute Gasteiger partial charge is 0.303 e. The summed E-state index contributed by atoms with van der Waals surface area (Å²) in [5.41, 5.74) is 3.58. The highest BCUT2D eigenvalue weighted by atomic mass is 32.1. The average molecular weight is 366 g/mol. The predicted molar refractivity (Wildman–Crippen MR) is 104 cm³/mol. The Morgan fingerprint density at radius 1 is 1.35 bits per heavy atom. The highest BCUT2D eigenvalue weighted by Gasteiger charge is 2.35. The van der Waals surface area contributed by atoms with Crippen LogP contribution in [-0.4, -0.2) is 45.5 Å². The second-order valence-corrected chi connectivity index (χ2v) is 8.51. The summed E-state index contributed by atoms with van der Waals surface area (Å²) in [7, 11) is 0. The van der Waals surface area contributed by atoms with Crippen molar-refractivity contribution in [1.82, 2.24) is 20.1 Å². The van der Waals surface area contributed by atoms with E-state index in [2.05, 4.69) is 31.5 Å². The minimum Gasteiger partial charge on any atom is -0.303 e. The molecule has 5 heterocycles. The molecule has 0 unspecified atom stereocenters. The van der Waals surface area contributed by atoms with Crippen LogP contribution in [0.25, 0.3) is 21.5 Å². The lowest BCUT2D eigenvalue weighted by Crippen LogP contribution is -2.47. The molecule has 3 fully saturated rings. The number of carbonyl (C=O) groups is 1. The van der Waals surface area contributed by atoms with Gasteiger partial charge >= 0.3 is 0 Å². The Kier molecular flexibility index (Phi) is 3.90. The smallest absolute Gasteiger partial charge is 0.184 e. The normalized spacial score (nSPS) is 25.0. The number of benzene rings is 1. The number of carbonyl (C=O) groups excluding carboxylic acids is 1. The maximum absolute atomic E-state index is 13.0. The number of hydrogen-bond acceptors (Lipinski definition) is 5. The molecular formula is C20H22N4OS. The van der Waals surface area contributed by atoms with Gasteiger partial charge in [0, 0.05) is 35.0 Å². The molecule has 0 radical (unpaired) electrons. The van der Waals surface area contributed by atoms with Gasteiger partial charge in [0.05, 0.1) is 5.52 Å². The van der Waals surface area contributed by atoms with Gasteiger partial charge in [-0.25, -0.2) is 4.98 Å². The molecule has 26 heavy (non-hydrogen) atoms. The van der Waals surface area contributed by atoms with E-state index in [1.165, 1.54) is 25.9 Å². The average Bonchev–Trinajstić information content (AvgIpc) is 3.28. The van der Waals surface area contributed by atoms with Crippen molar-refractivity contribution in [1.29, 1.82) is 0 Å². The molecule has 3 aromatic rings. The summed E-state index contributed by atoms with van der Waals surface area (Å²) in [5, 5.41) is 11.3. The molecule has 6 heteroatoms. The summed E-state index contributed by atoms with van der Waals surface area (Å²) in [5.74, 6) is 1.37. The van der Waals surface area contributed by atoms with Gasteiger partial charge in [-0.3, -0.25) is 9.89 Å². The van der Waals surface area contributed by atoms with Gasteiger partial charge in [0.1, 0.15) is 10.7 Å². The molecule has 1 N–H and O–H groups in total. The number of ketones is 1. The van der Waals surface area contributed by atoms with Crippen molar-refractivity contribution < 1.29 is 4.79 Å². The van der Waals surface area contributed by atoms with E-state index in [1.807, 2.05) is 19.1 Å². The van der Waals surface area contributed by atoms with E-state index >= 15 is 0 Å². The fraction of sp³-hybridized carbons (Fsp3) is 0.450. The Balaban J connectivity index is 1.43. The maximum atomic E-state index is 13.0. The molecule has 1 aromatic carbocycles. The van der Waals surface area contributed by atoms with Crippen molar-refractivity contribution in [2.24, 2.45) is 11.8 Å². The number of H-pyrrole nitrogens is 1. The molecule has 2 aromatic heterocycles. The molecule has 3 aliphatic heterocycles. The molecule has 3 saturated heterocycles. The summed E-state index contributed by atoms with van der Waals surface area (Å²) >= 11 is 1.63. The van der Waals surface area contributed by atoms with Crippen molar-refractivity contribution >= 4 is 28.0 Å². The third-order valence-electron chi connectivity index (χ3n) is 5.93. The first kappa shape index (κ1) is 16.1. The monoisotopic (exact) mass is 366 g/mol. The van der Waals surface area contributed by atoms with Gasteiger partial charge in [0.15, 0.2) is 5.78 Å². The van der Waals surface area contributed by atoms with Gasteiger partial charge in [0.25, 0.3) is 0 Å². The summed E-state index contributed by atoms with van der Waals surface area (Å²) in [6.07, 6.45) is 3.10. The fourth-order valence-electron chi connectivity index (χ4n) is 4.50. The van der Waals surface area contributed by atoms with Crippen LogP contribution in [-0.2, 0) is 0 Å². The van der Waals surface area contributed by atoms with E-state index in [1.54, 1.807) is 11.3 Å². The third-order valence-corrected chi connectivity index (χ3v) is 6.94. The SMILES string of the molecule is Cc1csc(-c2ccc3[nH]nc(C(=O)C[C@H]4CN5CCC4CC5)c3c2)n1. The van der Waals surface area contributed by atoms with E-state index in [4.69, 9.17) is 0 Å². The second-order valence-electron chi connectivity index (χ2n) is 7.65. The Labute approximate surface area is 156 Å². The molecule has 5 nitrogen and oxygen atoms in total. The van der Waals surface area contributed by atoms with Gasteiger partial charge in [0.2, 0.25) is 0 Å². The minimum atomic E-state index is 0.169. The number of Topliss-reactive ketones (excluding diaryl/α,β-unsaturated/α-hetero) is 1. The van der Waals surface area contributed by atoms with Crippen molar-refractivity contribution in [3.8, 4) is 10.6 Å². The summed E-state index contributed by atoms with van der Waals surface area (Å²) in [6, 6.07) is 6.10. The van der Waals surface area contributed by atoms with Gasteiger partial charge in [-0.15, -0.1) is 11.3 Å². The third kappa shape index (κ3) is 2.77. The first-order valence-electron chi connectivity index (χ1n) is 9.33.